The molecule has 1 aliphatic heterocycles. The number of rotatable bonds is 6. The van der Waals surface area contributed by atoms with Crippen molar-refractivity contribution in [1.29, 1.82) is 0 Å². The molecule has 1 rings (SSSR count). The van der Waals surface area contributed by atoms with Crippen molar-refractivity contribution < 1.29 is 9.47 Å². The molecule has 0 aromatic heterocycles. The van der Waals surface area contributed by atoms with Gasteiger partial charge < -0.3 is 15.2 Å². The highest BCUT2D eigenvalue weighted by Crippen LogP contribution is 2.28. The van der Waals surface area contributed by atoms with Crippen LogP contribution >= 0.6 is 11.8 Å². The molecule has 1 aliphatic rings. The van der Waals surface area contributed by atoms with Gasteiger partial charge in [0, 0.05) is 56.8 Å². The van der Waals surface area contributed by atoms with Gasteiger partial charge in [-0.05, 0) is 6.92 Å². The summed E-state index contributed by atoms with van der Waals surface area (Å²) in [5.41, 5.74) is 5.95. The third-order valence-electron chi connectivity index (χ3n) is 3.58. The normalized spacial score (nSPS) is 26.1. The zero-order chi connectivity index (χ0) is 12.9. The Morgan fingerprint density at radius 2 is 2.12 bits per heavy atom. The third-order valence-corrected chi connectivity index (χ3v) is 4.71. The van der Waals surface area contributed by atoms with Crippen molar-refractivity contribution in [2.45, 2.75) is 37.3 Å². The van der Waals surface area contributed by atoms with E-state index in [9.17, 15) is 0 Å². The molecule has 0 aliphatic carbocycles. The van der Waals surface area contributed by atoms with Crippen molar-refractivity contribution in [3.8, 4) is 0 Å². The van der Waals surface area contributed by atoms with Crippen molar-refractivity contribution in [3.05, 3.63) is 0 Å². The second-order valence-corrected chi connectivity index (χ2v) is 6.48. The summed E-state index contributed by atoms with van der Waals surface area (Å²) in [6.45, 7) is 7.31. The topological polar surface area (TPSA) is 47.7 Å². The molecular weight excluding hydrogens is 236 g/mol. The van der Waals surface area contributed by atoms with E-state index in [1.165, 1.54) is 5.75 Å². The molecule has 0 aromatic rings. The monoisotopic (exact) mass is 262 g/mol. The summed E-state index contributed by atoms with van der Waals surface area (Å²) in [5, 5.41) is 0.679. The van der Waals surface area contributed by atoms with E-state index in [1.54, 1.807) is 14.2 Å². The standard InChI is InChI=1S/C12H26N2O2S/c1-10-8-14(5-6-17-10)12(2,9-13)7-11(15-3)16-4/h10-11H,5-9,13H2,1-4H3. The van der Waals surface area contributed by atoms with Crippen LogP contribution < -0.4 is 5.73 Å². The minimum absolute atomic E-state index is 0.0358. The Morgan fingerprint density at radius 1 is 1.47 bits per heavy atom. The van der Waals surface area contributed by atoms with E-state index in [-0.39, 0.29) is 11.8 Å². The molecule has 2 N–H and O–H groups in total. The molecule has 1 saturated heterocycles. The molecule has 0 saturated carbocycles. The van der Waals surface area contributed by atoms with Gasteiger partial charge in [0.05, 0.1) is 0 Å². The number of ether oxygens (including phenoxy) is 2. The summed E-state index contributed by atoms with van der Waals surface area (Å²) in [6, 6.07) is 0. The fourth-order valence-electron chi connectivity index (χ4n) is 2.27. The molecule has 0 radical (unpaired) electrons. The van der Waals surface area contributed by atoms with Gasteiger partial charge in [0.25, 0.3) is 0 Å². The summed E-state index contributed by atoms with van der Waals surface area (Å²) in [4.78, 5) is 2.49. The molecule has 17 heavy (non-hydrogen) atoms. The van der Waals surface area contributed by atoms with Gasteiger partial charge in [0.15, 0.2) is 6.29 Å². The summed E-state index contributed by atoms with van der Waals surface area (Å²) >= 11 is 2.03. The molecule has 5 heteroatoms. The number of hydrogen-bond donors (Lipinski definition) is 1. The highest BCUT2D eigenvalue weighted by molar-refractivity contribution is 7.99. The van der Waals surface area contributed by atoms with Crippen LogP contribution in [0.2, 0.25) is 0 Å². The first-order valence-corrected chi connectivity index (χ1v) is 7.23. The van der Waals surface area contributed by atoms with Crippen LogP contribution in [0.5, 0.6) is 0 Å². The van der Waals surface area contributed by atoms with E-state index in [4.69, 9.17) is 15.2 Å². The van der Waals surface area contributed by atoms with Crippen molar-refractivity contribution >= 4 is 11.8 Å². The first-order valence-electron chi connectivity index (χ1n) is 6.18. The molecule has 4 nitrogen and oxygen atoms in total. The van der Waals surface area contributed by atoms with Crippen LogP contribution in [-0.2, 0) is 9.47 Å². The molecule has 1 fully saturated rings. The molecule has 1 heterocycles. The van der Waals surface area contributed by atoms with Gasteiger partial charge in [-0.25, -0.2) is 0 Å². The maximum atomic E-state index is 5.98. The quantitative estimate of drug-likeness (QED) is 0.728. The van der Waals surface area contributed by atoms with E-state index in [0.717, 1.165) is 19.5 Å². The number of hydrogen-bond acceptors (Lipinski definition) is 5. The minimum atomic E-state index is -0.173. The fraction of sp³-hybridized carbons (Fsp3) is 1.00. The summed E-state index contributed by atoms with van der Waals surface area (Å²) in [6.07, 6.45) is 0.641. The molecular formula is C12H26N2O2S. The Bertz CT molecular complexity index is 227. The largest absolute Gasteiger partial charge is 0.356 e. The molecule has 2 unspecified atom stereocenters. The SMILES string of the molecule is COC(CC(C)(CN)N1CCSC(C)C1)OC. The van der Waals surface area contributed by atoms with Crippen LogP contribution in [0.15, 0.2) is 0 Å². The lowest BCUT2D eigenvalue weighted by atomic mass is 9.94. The fourth-order valence-corrected chi connectivity index (χ4v) is 3.29. The summed E-state index contributed by atoms with van der Waals surface area (Å²) in [7, 11) is 3.36. The molecule has 0 aromatic carbocycles. The summed E-state index contributed by atoms with van der Waals surface area (Å²) < 4.78 is 10.6. The van der Waals surface area contributed by atoms with E-state index >= 15 is 0 Å². The number of thioether (sulfide) groups is 1. The molecule has 0 spiro atoms. The van der Waals surface area contributed by atoms with Gasteiger partial charge in [0.1, 0.15) is 0 Å². The predicted octanol–water partition coefficient (Wildman–Crippen LogP) is 1.15. The Morgan fingerprint density at radius 3 is 2.59 bits per heavy atom. The minimum Gasteiger partial charge on any atom is -0.356 e. The predicted molar refractivity (Wildman–Crippen MR) is 73.4 cm³/mol. The summed E-state index contributed by atoms with van der Waals surface area (Å²) in [5.74, 6) is 1.18. The Labute approximate surface area is 109 Å². The van der Waals surface area contributed by atoms with E-state index in [0.29, 0.717) is 11.8 Å². The second kappa shape index (κ2) is 6.95. The third kappa shape index (κ3) is 4.10. The second-order valence-electron chi connectivity index (χ2n) is 4.93. The van der Waals surface area contributed by atoms with Crippen LogP contribution in [-0.4, -0.2) is 61.6 Å². The van der Waals surface area contributed by atoms with Crippen LogP contribution in [0.25, 0.3) is 0 Å². The van der Waals surface area contributed by atoms with Crippen molar-refractivity contribution in [2.75, 3.05) is 39.6 Å². The average Bonchev–Trinajstić information content (AvgIpc) is 2.35. The number of methoxy groups -OCH3 is 2. The van der Waals surface area contributed by atoms with Crippen molar-refractivity contribution in [1.82, 2.24) is 4.90 Å². The van der Waals surface area contributed by atoms with E-state index < -0.39 is 0 Å². The van der Waals surface area contributed by atoms with E-state index in [2.05, 4.69) is 18.7 Å². The van der Waals surface area contributed by atoms with Crippen LogP contribution in [0, 0.1) is 0 Å². The Balaban J connectivity index is 2.65. The highest BCUT2D eigenvalue weighted by atomic mass is 32.2. The first-order chi connectivity index (χ1) is 8.05. The lowest BCUT2D eigenvalue weighted by Crippen LogP contribution is -2.57. The van der Waals surface area contributed by atoms with Gasteiger partial charge >= 0.3 is 0 Å². The van der Waals surface area contributed by atoms with Crippen LogP contribution in [0.4, 0.5) is 0 Å². The Hall–Kier alpha value is 0.190. The first kappa shape index (κ1) is 15.2. The van der Waals surface area contributed by atoms with Gasteiger partial charge in [-0.1, -0.05) is 6.92 Å². The smallest absolute Gasteiger partial charge is 0.158 e. The highest BCUT2D eigenvalue weighted by Gasteiger charge is 2.35. The van der Waals surface area contributed by atoms with Crippen molar-refractivity contribution in [3.63, 3.8) is 0 Å². The van der Waals surface area contributed by atoms with Gasteiger partial charge in [-0.2, -0.15) is 11.8 Å². The zero-order valence-corrected chi connectivity index (χ0v) is 12.3. The molecule has 2 atom stereocenters. The lowest BCUT2D eigenvalue weighted by Gasteiger charge is -2.45. The molecule has 102 valence electrons. The van der Waals surface area contributed by atoms with Gasteiger partial charge in [-0.3, -0.25) is 4.90 Å². The number of nitrogens with zero attached hydrogens (tertiary/aromatic N) is 1. The van der Waals surface area contributed by atoms with Gasteiger partial charge in [-0.15, -0.1) is 0 Å². The lowest BCUT2D eigenvalue weighted by molar-refractivity contribution is -0.128. The maximum Gasteiger partial charge on any atom is 0.158 e. The van der Waals surface area contributed by atoms with Crippen LogP contribution in [0.3, 0.4) is 0 Å². The molecule has 0 amide bonds. The average molecular weight is 262 g/mol. The molecule has 0 bridgehead atoms. The number of nitrogens with two attached hydrogens (primary N) is 1. The van der Waals surface area contributed by atoms with Crippen molar-refractivity contribution in [2.24, 2.45) is 5.73 Å². The van der Waals surface area contributed by atoms with Gasteiger partial charge in [0.2, 0.25) is 0 Å². The maximum absolute atomic E-state index is 5.98. The van der Waals surface area contributed by atoms with Crippen LogP contribution in [0.1, 0.15) is 20.3 Å². The van der Waals surface area contributed by atoms with E-state index in [1.807, 2.05) is 11.8 Å². The zero-order valence-electron chi connectivity index (χ0n) is 11.4. The Kier molecular flexibility index (Phi) is 6.23.